The van der Waals surface area contributed by atoms with E-state index >= 15 is 8.78 Å². The first-order valence-electron chi connectivity index (χ1n) is 22.1. The van der Waals surface area contributed by atoms with Gasteiger partial charge in [0.15, 0.2) is 21.3 Å². The van der Waals surface area contributed by atoms with E-state index in [-0.39, 0.29) is 31.3 Å². The van der Waals surface area contributed by atoms with E-state index in [1.54, 1.807) is 0 Å². The molecule has 2 aromatic carbocycles. The van der Waals surface area contributed by atoms with Crippen LogP contribution in [0, 0.1) is 29.4 Å². The number of carbonyl (C=O) groups excluding carboxylic acids is 3. The Kier molecular flexibility index (Phi) is 15.7. The lowest BCUT2D eigenvalue weighted by atomic mass is 9.93. The number of phosphoric ester groups is 1. The minimum Gasteiger partial charge on any atom is -0.422 e. The van der Waals surface area contributed by atoms with Crippen molar-refractivity contribution in [2.45, 2.75) is 74.8 Å². The number of hydrogen-bond donors (Lipinski definition) is 3. The number of nitrogens with zero attached hydrogens (tertiary/aromatic N) is 7. The van der Waals surface area contributed by atoms with Gasteiger partial charge in [-0.25, -0.2) is 44.5 Å². The zero-order chi connectivity index (χ0) is 58.2. The predicted octanol–water partition coefficient (Wildman–Crippen LogP) is 6.72. The Morgan fingerprint density at radius 3 is 2.18 bits per heavy atom. The molecule has 0 radical (unpaired) electrons. The number of benzene rings is 2. The second-order valence-electron chi connectivity index (χ2n) is 18.4. The lowest BCUT2D eigenvalue weighted by molar-refractivity contribution is -0.143. The molecular weight excluding hydrogens is 1150 g/mol. The molecule has 1 fully saturated rings. The molecule has 2 aliphatic rings. The molecular formula is C44H40ClF10N8O12PS2. The van der Waals surface area contributed by atoms with Crippen molar-refractivity contribution in [2.24, 2.45) is 5.92 Å². The molecule has 1 saturated carbocycles. The number of aromatic nitrogens is 5. The van der Waals surface area contributed by atoms with Crippen molar-refractivity contribution in [1.29, 1.82) is 0 Å². The van der Waals surface area contributed by atoms with Gasteiger partial charge in [0.1, 0.15) is 47.4 Å². The van der Waals surface area contributed by atoms with Crippen LogP contribution in [0.3, 0.4) is 0 Å². The first-order valence-corrected chi connectivity index (χ1v) is 27.7. The van der Waals surface area contributed by atoms with Gasteiger partial charge >= 0.3 is 26.3 Å². The number of sulfonamides is 1. The largest absolute Gasteiger partial charge is 0.472 e. The van der Waals surface area contributed by atoms with Crippen LogP contribution in [0.1, 0.15) is 66.1 Å². The fourth-order valence-corrected chi connectivity index (χ4v) is 9.98. The summed E-state index contributed by atoms with van der Waals surface area (Å²) in [7, 11) is -13.3. The van der Waals surface area contributed by atoms with Crippen molar-refractivity contribution in [3.8, 4) is 23.0 Å². The number of fused-ring (bicyclic) bond motifs is 4. The van der Waals surface area contributed by atoms with Gasteiger partial charge in [-0.15, -0.1) is 0 Å². The van der Waals surface area contributed by atoms with E-state index in [1.807, 2.05) is 0 Å². The highest BCUT2D eigenvalue weighted by Crippen LogP contribution is 2.68. The molecule has 0 aliphatic heterocycles. The fraction of sp³-hybridized carbons (Fsp3) is 0.409. The van der Waals surface area contributed by atoms with Gasteiger partial charge in [-0.1, -0.05) is 23.6 Å². The molecule has 20 nitrogen and oxygen atoms in total. The van der Waals surface area contributed by atoms with E-state index in [0.717, 1.165) is 49.7 Å². The Balaban J connectivity index is 1.45. The first kappa shape index (κ1) is 59.3. The van der Waals surface area contributed by atoms with Crippen LogP contribution in [0.5, 0.6) is 0 Å². The van der Waals surface area contributed by atoms with Gasteiger partial charge in [-0.3, -0.25) is 19.0 Å². The van der Waals surface area contributed by atoms with E-state index in [0.29, 0.717) is 17.2 Å². The summed E-state index contributed by atoms with van der Waals surface area (Å²) in [6.07, 6.45) is -11.9. The number of sulfone groups is 1. The van der Waals surface area contributed by atoms with Crippen LogP contribution in [0.15, 0.2) is 42.5 Å². The second-order valence-corrected chi connectivity index (χ2v) is 24.5. The lowest BCUT2D eigenvalue weighted by Crippen LogP contribution is -2.44. The maximum absolute atomic E-state index is 15.6. The van der Waals surface area contributed by atoms with Crippen LogP contribution in [0.4, 0.5) is 54.5 Å². The minimum absolute atomic E-state index is 0.139. The van der Waals surface area contributed by atoms with Crippen LogP contribution < -0.4 is 9.62 Å². The molecule has 3 amide bonds. The second kappa shape index (κ2) is 20.7. The topological polar surface area (TPSA) is 263 Å². The smallest absolute Gasteiger partial charge is 0.422 e. The molecule has 3 N–H and O–H groups in total. The van der Waals surface area contributed by atoms with Crippen molar-refractivity contribution in [3.63, 3.8) is 0 Å². The molecule has 34 heteroatoms. The Morgan fingerprint density at radius 2 is 1.60 bits per heavy atom. The molecule has 3 heterocycles. The molecule has 0 saturated heterocycles. The molecule has 2 aliphatic carbocycles. The fourth-order valence-electron chi connectivity index (χ4n) is 8.45. The van der Waals surface area contributed by atoms with Crippen LogP contribution in [0.25, 0.3) is 22.0 Å². The zero-order valence-corrected chi connectivity index (χ0v) is 43.8. The Morgan fingerprint density at radius 1 is 0.974 bits per heavy atom. The summed E-state index contributed by atoms with van der Waals surface area (Å²) in [6, 6.07) is 4.26. The van der Waals surface area contributed by atoms with Gasteiger partial charge in [0.2, 0.25) is 22.7 Å². The zero-order valence-electron chi connectivity index (χ0n) is 40.5. The highest BCUT2D eigenvalue weighted by atomic mass is 35.5. The summed E-state index contributed by atoms with van der Waals surface area (Å²) in [5.41, 5.74) is -6.53. The highest BCUT2D eigenvalue weighted by molar-refractivity contribution is 7.93. The Bertz CT molecular complexity index is 3620. The van der Waals surface area contributed by atoms with Crippen LogP contribution in [-0.2, 0) is 74.9 Å². The molecule has 0 bridgehead atoms. The van der Waals surface area contributed by atoms with Gasteiger partial charge in [-0.2, -0.15) is 49.6 Å². The highest BCUT2D eigenvalue weighted by Gasteiger charge is 2.68. The van der Waals surface area contributed by atoms with Crippen LogP contribution >= 0.6 is 19.4 Å². The van der Waals surface area contributed by atoms with E-state index in [2.05, 4.69) is 41.6 Å². The molecule has 0 spiro atoms. The number of alkyl halides is 8. The molecule has 0 unspecified atom stereocenters. The quantitative estimate of drug-likeness (QED) is 0.0401. The van der Waals surface area contributed by atoms with Gasteiger partial charge in [0, 0.05) is 42.0 Å². The maximum atomic E-state index is 15.6. The third-order valence-corrected chi connectivity index (χ3v) is 15.9. The summed E-state index contributed by atoms with van der Waals surface area (Å²) >= 11 is 6.62. The number of amides is 3. The standard InChI is InChI=1S/C44H40ClF10N8O12PS2/c1-41(2,77(4,70)71)11-10-24-6-7-25(26-8-9-29(45)34-36(26)62(19-42(48,49)50)59-39(34)63(78(5,72)73)32(65)18-60(3)40(66)74-20-75-76(67,68)69)35(56-24)30(14-21-12-22(46)15-23(47)13-21)57-31(64)17-61-38-33(37(58-61)44(53,54)55)27-16-28(27)43(38,51)52/h6-9,12-13,15,27-28,30H,14,16-20H2,1-5H3,(H,57,64)(H2,67,68,69)/t27-,28+,30-/m0/s1. The maximum Gasteiger partial charge on any atom is 0.472 e. The first-order chi connectivity index (χ1) is 35.7. The molecule has 3 atom stereocenters. The van der Waals surface area contributed by atoms with Crippen LogP contribution in [0.2, 0.25) is 5.02 Å². The van der Waals surface area contributed by atoms with Gasteiger partial charge < -0.3 is 24.7 Å². The number of likely N-dealkylation sites (N-methyl/N-ethyl adjacent to an activating group) is 1. The number of pyridine rings is 1. The molecule has 422 valence electrons. The summed E-state index contributed by atoms with van der Waals surface area (Å²) in [4.78, 5) is 63.3. The van der Waals surface area contributed by atoms with E-state index in [9.17, 15) is 70.9 Å². The number of rotatable bonds is 16. The van der Waals surface area contributed by atoms with Gasteiger partial charge in [-0.05, 0) is 74.4 Å². The Labute approximate surface area is 439 Å². The number of carbonyl (C=O) groups is 3. The average molecular weight is 1190 g/mol. The normalized spacial score (nSPS) is 16.7. The van der Waals surface area contributed by atoms with Gasteiger partial charge in [0.25, 0.3) is 11.8 Å². The molecule has 7 rings (SSSR count). The summed E-state index contributed by atoms with van der Waals surface area (Å²) in [5, 5.41) is 8.25. The van der Waals surface area contributed by atoms with Crippen molar-refractivity contribution in [1.82, 2.24) is 34.8 Å². The minimum atomic E-state index is -5.26. The average Bonchev–Trinajstić information content (AvgIpc) is 3.93. The SMILES string of the molecule is CN(CC(=O)N(c1nn(CC(F)(F)F)c2c(-c3ccc(C#CC(C)(C)S(C)(=O)=O)nc3[C@H](Cc3cc(F)cc(F)c3)NC(=O)Cn3nc(C(F)(F)F)c4c3C(F)(F)[C@@H]3C[C@H]43)ccc(Cl)c12)S(C)(=O)=O)C(=O)OCOP(=O)(O)O. The van der Waals surface area contributed by atoms with Crippen LogP contribution in [-0.4, -0.2) is 118 Å². The number of nitrogens with one attached hydrogen (secondary N) is 1. The molecule has 5 aromatic rings. The molecule has 78 heavy (non-hydrogen) atoms. The van der Waals surface area contributed by atoms with E-state index < -0.39 is 186 Å². The number of ether oxygens (including phenoxy) is 1. The van der Waals surface area contributed by atoms with Crippen molar-refractivity contribution in [2.75, 3.05) is 37.2 Å². The number of anilines is 1. The van der Waals surface area contributed by atoms with Crippen molar-refractivity contribution in [3.05, 3.63) is 93.0 Å². The Hall–Kier alpha value is -6.36. The van der Waals surface area contributed by atoms with E-state index in [4.69, 9.17) is 21.4 Å². The number of phosphoric acid groups is 1. The lowest BCUT2D eigenvalue weighted by Gasteiger charge is -2.23. The van der Waals surface area contributed by atoms with Gasteiger partial charge in [0.05, 0.1) is 33.9 Å². The van der Waals surface area contributed by atoms with E-state index in [1.165, 1.54) is 13.8 Å². The number of hydrogen-bond acceptors (Lipinski definition) is 13. The third kappa shape index (κ3) is 12.7. The summed E-state index contributed by atoms with van der Waals surface area (Å²) in [5.74, 6) is -8.15. The number of halogens is 11. The predicted molar refractivity (Wildman–Crippen MR) is 252 cm³/mol. The van der Waals surface area contributed by atoms with Crippen molar-refractivity contribution >= 4 is 73.9 Å². The summed E-state index contributed by atoms with van der Waals surface area (Å²) < 4.78 is 218. The summed E-state index contributed by atoms with van der Waals surface area (Å²) in [6.45, 7) is -3.71. The third-order valence-electron chi connectivity index (χ3n) is 12.1. The monoisotopic (exact) mass is 1190 g/mol. The van der Waals surface area contributed by atoms with Crippen molar-refractivity contribution < 1.29 is 98.7 Å². The molecule has 3 aromatic heterocycles.